The molecule has 13 heavy (non-hydrogen) atoms. The second kappa shape index (κ2) is 8.48. The highest BCUT2D eigenvalue weighted by molar-refractivity contribution is 4.59. The smallest absolute Gasteiger partial charge is 0.0541 e. The normalized spacial score (nSPS) is 15.7. The molecule has 0 fully saturated rings. The van der Waals surface area contributed by atoms with Crippen LogP contribution in [0, 0.1) is 0 Å². The molecule has 0 aromatic heterocycles. The molecule has 0 rings (SSSR count). The van der Waals surface area contributed by atoms with E-state index in [2.05, 4.69) is 0 Å². The van der Waals surface area contributed by atoms with Crippen molar-refractivity contribution in [3.05, 3.63) is 0 Å². The fourth-order valence-corrected chi connectivity index (χ4v) is 1.26. The molecule has 0 spiro atoms. The average Bonchev–Trinajstić information content (AvgIpc) is 2.14. The third kappa shape index (κ3) is 8.22. The molecule has 0 saturated carbocycles. The monoisotopic (exact) mass is 190 g/mol. The first-order valence-electron chi connectivity index (χ1n) is 5.17. The third-order valence-electron chi connectivity index (χ3n) is 2.24. The van der Waals surface area contributed by atoms with Crippen LogP contribution in [0.4, 0.5) is 0 Å². The molecule has 0 saturated heterocycles. The summed E-state index contributed by atoms with van der Waals surface area (Å²) in [6, 6.07) is 0. The second-order valence-corrected chi connectivity index (χ2v) is 3.51. The zero-order chi connectivity index (χ0) is 10.1. The summed E-state index contributed by atoms with van der Waals surface area (Å²) in [6.07, 6.45) is 3.95. The molecule has 0 heterocycles. The van der Waals surface area contributed by atoms with Gasteiger partial charge in [-0.2, -0.15) is 0 Å². The molecule has 80 valence electrons. The lowest BCUT2D eigenvalue weighted by Gasteiger charge is -2.11. The van der Waals surface area contributed by atoms with Crippen LogP contribution < -0.4 is 0 Å². The van der Waals surface area contributed by atoms with Gasteiger partial charge in [0.05, 0.1) is 12.2 Å². The second-order valence-electron chi connectivity index (χ2n) is 3.51. The molecule has 3 N–H and O–H groups in total. The Morgan fingerprint density at radius 2 is 1.46 bits per heavy atom. The van der Waals surface area contributed by atoms with Crippen LogP contribution in [0.2, 0.25) is 0 Å². The molecule has 3 nitrogen and oxygen atoms in total. The van der Waals surface area contributed by atoms with Crippen LogP contribution in [-0.4, -0.2) is 34.1 Å². The highest BCUT2D eigenvalue weighted by Crippen LogP contribution is 2.09. The van der Waals surface area contributed by atoms with Gasteiger partial charge in [0, 0.05) is 6.61 Å². The fraction of sp³-hybridized carbons (Fsp3) is 1.00. The van der Waals surface area contributed by atoms with E-state index in [9.17, 15) is 10.2 Å². The van der Waals surface area contributed by atoms with Crippen LogP contribution in [0.15, 0.2) is 0 Å². The summed E-state index contributed by atoms with van der Waals surface area (Å²) >= 11 is 0. The molecule has 0 aliphatic rings. The minimum atomic E-state index is -0.309. The van der Waals surface area contributed by atoms with Gasteiger partial charge in [0.1, 0.15) is 0 Å². The van der Waals surface area contributed by atoms with Gasteiger partial charge >= 0.3 is 0 Å². The Balaban J connectivity index is 3.21. The van der Waals surface area contributed by atoms with Crippen molar-refractivity contribution in [2.75, 3.05) is 6.61 Å². The predicted octanol–water partition coefficient (Wildman–Crippen LogP) is 1.06. The van der Waals surface area contributed by atoms with Crippen molar-refractivity contribution in [2.45, 2.75) is 57.7 Å². The lowest BCUT2D eigenvalue weighted by Crippen LogP contribution is -2.10. The Morgan fingerprint density at radius 1 is 0.923 bits per heavy atom. The Bertz CT molecular complexity index is 106. The fourth-order valence-electron chi connectivity index (χ4n) is 1.26. The van der Waals surface area contributed by atoms with Crippen LogP contribution in [0.5, 0.6) is 0 Å². The lowest BCUT2D eigenvalue weighted by atomic mass is 10.0. The number of hydrogen-bond acceptors (Lipinski definition) is 3. The molecule has 3 heteroatoms. The van der Waals surface area contributed by atoms with Gasteiger partial charge in [0.25, 0.3) is 0 Å². The zero-order valence-electron chi connectivity index (χ0n) is 8.45. The van der Waals surface area contributed by atoms with Crippen LogP contribution >= 0.6 is 0 Å². The molecule has 0 aromatic rings. The molecule has 0 aliphatic heterocycles. The first-order chi connectivity index (χ1) is 6.20. The van der Waals surface area contributed by atoms with Crippen molar-refractivity contribution in [3.8, 4) is 0 Å². The SMILES string of the molecule is CCC(O)CCCC(O)CCCO. The first kappa shape index (κ1) is 12.9. The Labute approximate surface area is 80.4 Å². The van der Waals surface area contributed by atoms with Crippen LogP contribution in [0.1, 0.15) is 45.4 Å². The van der Waals surface area contributed by atoms with Gasteiger partial charge in [0.2, 0.25) is 0 Å². The number of aliphatic hydroxyl groups is 3. The maximum absolute atomic E-state index is 9.37. The van der Waals surface area contributed by atoms with Crippen molar-refractivity contribution in [1.29, 1.82) is 0 Å². The summed E-state index contributed by atoms with van der Waals surface area (Å²) in [6.45, 7) is 2.10. The summed E-state index contributed by atoms with van der Waals surface area (Å²) in [5.41, 5.74) is 0. The van der Waals surface area contributed by atoms with Gasteiger partial charge < -0.3 is 15.3 Å². The summed E-state index contributed by atoms with van der Waals surface area (Å²) in [5, 5.41) is 27.1. The van der Waals surface area contributed by atoms with E-state index in [1.54, 1.807) is 0 Å². The first-order valence-corrected chi connectivity index (χ1v) is 5.17. The third-order valence-corrected chi connectivity index (χ3v) is 2.24. The van der Waals surface area contributed by atoms with E-state index < -0.39 is 0 Å². The molecule has 0 radical (unpaired) electrons. The minimum absolute atomic E-state index is 0.147. The van der Waals surface area contributed by atoms with E-state index in [1.165, 1.54) is 0 Å². The predicted molar refractivity (Wildman–Crippen MR) is 52.5 cm³/mol. The van der Waals surface area contributed by atoms with Crippen molar-refractivity contribution in [3.63, 3.8) is 0 Å². The lowest BCUT2D eigenvalue weighted by molar-refractivity contribution is 0.120. The van der Waals surface area contributed by atoms with Gasteiger partial charge in [-0.05, 0) is 38.5 Å². The number of hydrogen-bond donors (Lipinski definition) is 3. The van der Waals surface area contributed by atoms with Crippen LogP contribution in [0.3, 0.4) is 0 Å². The van der Waals surface area contributed by atoms with Gasteiger partial charge in [-0.25, -0.2) is 0 Å². The van der Waals surface area contributed by atoms with E-state index in [4.69, 9.17) is 5.11 Å². The largest absolute Gasteiger partial charge is 0.396 e. The van der Waals surface area contributed by atoms with E-state index in [0.717, 1.165) is 25.7 Å². The van der Waals surface area contributed by atoms with Gasteiger partial charge in [-0.15, -0.1) is 0 Å². The highest BCUT2D eigenvalue weighted by atomic mass is 16.3. The van der Waals surface area contributed by atoms with Crippen LogP contribution in [0.25, 0.3) is 0 Å². The molecule has 0 aromatic carbocycles. The molecule has 2 atom stereocenters. The van der Waals surface area contributed by atoms with Crippen molar-refractivity contribution in [2.24, 2.45) is 0 Å². The van der Waals surface area contributed by atoms with E-state index in [-0.39, 0.29) is 18.8 Å². The highest BCUT2D eigenvalue weighted by Gasteiger charge is 2.05. The Morgan fingerprint density at radius 3 is 2.00 bits per heavy atom. The number of aliphatic hydroxyl groups excluding tert-OH is 3. The molecule has 0 bridgehead atoms. The molecule has 0 amide bonds. The maximum atomic E-state index is 9.37. The molecule has 0 aliphatic carbocycles. The van der Waals surface area contributed by atoms with E-state index in [0.29, 0.717) is 12.8 Å². The van der Waals surface area contributed by atoms with Crippen molar-refractivity contribution >= 4 is 0 Å². The van der Waals surface area contributed by atoms with Crippen LogP contribution in [-0.2, 0) is 0 Å². The molecular weight excluding hydrogens is 168 g/mol. The topological polar surface area (TPSA) is 60.7 Å². The standard InChI is InChI=1S/C10H22O3/c1-2-9(12)5-3-6-10(13)7-4-8-11/h9-13H,2-8H2,1H3. The average molecular weight is 190 g/mol. The van der Waals surface area contributed by atoms with Gasteiger partial charge in [-0.1, -0.05) is 6.92 Å². The molecule has 2 unspecified atom stereocenters. The van der Waals surface area contributed by atoms with E-state index in [1.807, 2.05) is 6.92 Å². The summed E-state index contributed by atoms with van der Waals surface area (Å²) < 4.78 is 0. The molecular formula is C10H22O3. The van der Waals surface area contributed by atoms with Crippen molar-refractivity contribution < 1.29 is 15.3 Å². The van der Waals surface area contributed by atoms with Crippen molar-refractivity contribution in [1.82, 2.24) is 0 Å². The maximum Gasteiger partial charge on any atom is 0.0541 e. The minimum Gasteiger partial charge on any atom is -0.396 e. The quantitative estimate of drug-likeness (QED) is 0.536. The summed E-state index contributed by atoms with van der Waals surface area (Å²) in [4.78, 5) is 0. The Kier molecular flexibility index (Phi) is 8.40. The van der Waals surface area contributed by atoms with Gasteiger partial charge in [-0.3, -0.25) is 0 Å². The summed E-state index contributed by atoms with van der Waals surface area (Å²) in [5.74, 6) is 0. The number of rotatable bonds is 8. The zero-order valence-corrected chi connectivity index (χ0v) is 8.45. The Hall–Kier alpha value is -0.120. The van der Waals surface area contributed by atoms with Gasteiger partial charge in [0.15, 0.2) is 0 Å². The van der Waals surface area contributed by atoms with E-state index >= 15 is 0 Å². The summed E-state index contributed by atoms with van der Waals surface area (Å²) in [7, 11) is 0.